The molecule has 0 aliphatic heterocycles. The van der Waals surface area contributed by atoms with Crippen LogP contribution in [0.15, 0.2) is 117 Å². The fourth-order valence-corrected chi connectivity index (χ4v) is 4.31. The molecular formula is C39H40N4O8. The average Bonchev–Trinajstić information content (AvgIpc) is 3.15. The van der Waals surface area contributed by atoms with E-state index in [4.69, 9.17) is 19.7 Å². The Balaban J connectivity index is 0.000000271. The summed E-state index contributed by atoms with van der Waals surface area (Å²) in [6.45, 7) is 3.95. The molecule has 1 atom stereocenters. The predicted molar refractivity (Wildman–Crippen MR) is 192 cm³/mol. The van der Waals surface area contributed by atoms with Crippen molar-refractivity contribution in [3.8, 4) is 0 Å². The SMILES string of the molecule is CC(COCCCO)OCCCO.O=C=Nc1ccc(Cc2ccc(N=C=O)cc2)cc1.O=C=Nc1ccc(Cc2ccccc2N=C=O)cc1. The van der Waals surface area contributed by atoms with Crippen LogP contribution in [0.4, 0.5) is 22.7 Å². The lowest BCUT2D eigenvalue weighted by Crippen LogP contribution is -2.17. The first-order valence-corrected chi connectivity index (χ1v) is 16.0. The summed E-state index contributed by atoms with van der Waals surface area (Å²) in [5, 5.41) is 17.0. The molecule has 264 valence electrons. The molecule has 0 amide bonds. The van der Waals surface area contributed by atoms with Gasteiger partial charge in [0.05, 0.1) is 35.5 Å². The van der Waals surface area contributed by atoms with Crippen molar-refractivity contribution in [3.05, 3.63) is 119 Å². The summed E-state index contributed by atoms with van der Waals surface area (Å²) in [7, 11) is 0. The Morgan fingerprint density at radius 3 is 1.45 bits per heavy atom. The number of hydrogen-bond acceptors (Lipinski definition) is 12. The van der Waals surface area contributed by atoms with Crippen LogP contribution in [0.2, 0.25) is 0 Å². The lowest BCUT2D eigenvalue weighted by atomic mass is 10.0. The minimum atomic E-state index is 0.0604. The fourth-order valence-electron chi connectivity index (χ4n) is 4.31. The molecule has 0 spiro atoms. The number of ether oxygens (including phenoxy) is 2. The van der Waals surface area contributed by atoms with Crippen LogP contribution in [0.1, 0.15) is 42.0 Å². The van der Waals surface area contributed by atoms with E-state index in [2.05, 4.69) is 20.0 Å². The second-order valence-corrected chi connectivity index (χ2v) is 10.7. The zero-order chi connectivity index (χ0) is 36.9. The van der Waals surface area contributed by atoms with E-state index in [-0.39, 0.29) is 19.3 Å². The van der Waals surface area contributed by atoms with Crippen LogP contribution in [-0.4, -0.2) is 73.7 Å². The van der Waals surface area contributed by atoms with Crippen molar-refractivity contribution in [1.29, 1.82) is 0 Å². The van der Waals surface area contributed by atoms with E-state index in [9.17, 15) is 19.2 Å². The van der Waals surface area contributed by atoms with Gasteiger partial charge in [0, 0.05) is 26.4 Å². The van der Waals surface area contributed by atoms with Crippen molar-refractivity contribution in [3.63, 3.8) is 0 Å². The van der Waals surface area contributed by atoms with Crippen molar-refractivity contribution in [2.24, 2.45) is 20.0 Å². The highest BCUT2D eigenvalue weighted by Gasteiger charge is 2.03. The van der Waals surface area contributed by atoms with Gasteiger partial charge < -0.3 is 19.7 Å². The first-order valence-electron chi connectivity index (χ1n) is 16.0. The minimum Gasteiger partial charge on any atom is -0.396 e. The van der Waals surface area contributed by atoms with E-state index in [1.807, 2.05) is 61.5 Å². The van der Waals surface area contributed by atoms with Gasteiger partial charge in [0.1, 0.15) is 0 Å². The predicted octanol–water partition coefficient (Wildman–Crippen LogP) is 6.60. The van der Waals surface area contributed by atoms with Gasteiger partial charge in [0.2, 0.25) is 24.3 Å². The normalized spacial score (nSPS) is 10.3. The van der Waals surface area contributed by atoms with E-state index in [0.717, 1.165) is 28.7 Å². The van der Waals surface area contributed by atoms with Gasteiger partial charge in [0.25, 0.3) is 0 Å². The molecule has 0 aromatic heterocycles. The lowest BCUT2D eigenvalue weighted by Gasteiger charge is -2.12. The van der Waals surface area contributed by atoms with E-state index in [1.165, 1.54) is 18.2 Å². The molecule has 0 fully saturated rings. The van der Waals surface area contributed by atoms with Gasteiger partial charge in [-0.3, -0.25) is 0 Å². The van der Waals surface area contributed by atoms with Gasteiger partial charge in [-0.25, -0.2) is 19.2 Å². The van der Waals surface area contributed by atoms with Crippen molar-refractivity contribution in [2.45, 2.75) is 38.7 Å². The summed E-state index contributed by atoms with van der Waals surface area (Å²) in [4.78, 5) is 55.0. The van der Waals surface area contributed by atoms with Crippen molar-refractivity contribution in [1.82, 2.24) is 0 Å². The van der Waals surface area contributed by atoms with Gasteiger partial charge in [-0.1, -0.05) is 54.6 Å². The zero-order valence-electron chi connectivity index (χ0n) is 28.3. The third kappa shape index (κ3) is 18.0. The molecule has 2 N–H and O–H groups in total. The molecule has 1 unspecified atom stereocenters. The fraction of sp³-hybridized carbons (Fsp3) is 0.282. The molecular weight excluding hydrogens is 652 g/mol. The Hall–Kier alpha value is -5.76. The van der Waals surface area contributed by atoms with Crippen LogP contribution >= 0.6 is 0 Å². The maximum atomic E-state index is 10.4. The van der Waals surface area contributed by atoms with E-state index < -0.39 is 0 Å². The van der Waals surface area contributed by atoms with E-state index >= 15 is 0 Å². The Labute approximate surface area is 296 Å². The van der Waals surface area contributed by atoms with Crippen LogP contribution < -0.4 is 0 Å². The lowest BCUT2D eigenvalue weighted by molar-refractivity contribution is -0.0129. The zero-order valence-corrected chi connectivity index (χ0v) is 28.3. The summed E-state index contributed by atoms with van der Waals surface area (Å²) < 4.78 is 10.5. The number of aliphatic imine (C=N–C) groups is 4. The molecule has 12 heteroatoms. The number of rotatable bonds is 17. The first kappa shape index (κ1) is 41.4. The Kier molecular flexibility index (Phi) is 21.2. The number of hydrogen-bond donors (Lipinski definition) is 2. The van der Waals surface area contributed by atoms with Crippen LogP contribution in [0.25, 0.3) is 0 Å². The number of para-hydroxylation sites is 1. The van der Waals surface area contributed by atoms with Gasteiger partial charge in [-0.15, -0.1) is 0 Å². The Bertz CT molecular complexity index is 1710. The molecule has 0 radical (unpaired) electrons. The van der Waals surface area contributed by atoms with Crippen LogP contribution in [0.3, 0.4) is 0 Å². The second kappa shape index (κ2) is 26.2. The molecule has 12 nitrogen and oxygen atoms in total. The number of isocyanates is 4. The highest BCUT2D eigenvalue weighted by atomic mass is 16.5. The monoisotopic (exact) mass is 692 g/mol. The number of aliphatic hydroxyl groups excluding tert-OH is 2. The first-order chi connectivity index (χ1) is 25.0. The molecule has 0 saturated heterocycles. The topological polar surface area (TPSA) is 177 Å². The van der Waals surface area contributed by atoms with Crippen molar-refractivity contribution < 1.29 is 38.9 Å². The van der Waals surface area contributed by atoms with Gasteiger partial charge in [0.15, 0.2) is 0 Å². The maximum absolute atomic E-state index is 10.4. The van der Waals surface area contributed by atoms with E-state index in [1.54, 1.807) is 48.5 Å². The number of benzene rings is 4. The third-order valence-corrected chi connectivity index (χ3v) is 6.80. The second-order valence-electron chi connectivity index (χ2n) is 10.7. The van der Waals surface area contributed by atoms with Crippen LogP contribution in [0.5, 0.6) is 0 Å². The molecule has 4 aromatic rings. The van der Waals surface area contributed by atoms with Gasteiger partial charge in [-0.2, -0.15) is 20.0 Å². The maximum Gasteiger partial charge on any atom is 0.240 e. The average molecular weight is 693 g/mol. The van der Waals surface area contributed by atoms with Crippen LogP contribution in [-0.2, 0) is 41.5 Å². The highest BCUT2D eigenvalue weighted by molar-refractivity contribution is 5.56. The molecule has 0 aliphatic carbocycles. The van der Waals surface area contributed by atoms with Gasteiger partial charge >= 0.3 is 0 Å². The molecule has 0 bridgehead atoms. The Morgan fingerprint density at radius 1 is 0.569 bits per heavy atom. The molecule has 4 rings (SSSR count). The van der Waals surface area contributed by atoms with Crippen molar-refractivity contribution >= 4 is 47.1 Å². The molecule has 51 heavy (non-hydrogen) atoms. The molecule has 0 heterocycles. The minimum absolute atomic E-state index is 0.0604. The smallest absolute Gasteiger partial charge is 0.240 e. The number of aliphatic hydroxyl groups is 2. The standard InChI is InChI=1S/2C15H10N2O2.C9H20O4/c18-10-16-14-5-1-12(2-6-14)9-13-3-7-15(8-4-13)17-11-19;18-10-16-14-7-5-12(6-8-14)9-13-3-1-2-4-15(13)17-11-19;1-9(13-7-3-5-11)8-12-6-2-4-10/h2*1-8H,9H2;9-11H,2-8H2,1H3. The Morgan fingerprint density at radius 2 is 1.00 bits per heavy atom. The van der Waals surface area contributed by atoms with E-state index in [0.29, 0.717) is 61.8 Å². The quantitative estimate of drug-likeness (QED) is 0.0707. The summed E-state index contributed by atoms with van der Waals surface area (Å²) in [5.74, 6) is 0. The third-order valence-electron chi connectivity index (χ3n) is 6.80. The largest absolute Gasteiger partial charge is 0.396 e. The summed E-state index contributed by atoms with van der Waals surface area (Å²) in [6.07, 6.45) is 8.86. The number of nitrogens with zero attached hydrogens (tertiary/aromatic N) is 4. The summed E-state index contributed by atoms with van der Waals surface area (Å²) in [5.41, 5.74) is 6.57. The molecule has 0 saturated carbocycles. The summed E-state index contributed by atoms with van der Waals surface area (Å²) in [6, 6.07) is 29.3. The van der Waals surface area contributed by atoms with Crippen molar-refractivity contribution in [2.75, 3.05) is 33.0 Å². The van der Waals surface area contributed by atoms with Gasteiger partial charge in [-0.05, 0) is 97.3 Å². The highest BCUT2D eigenvalue weighted by Crippen LogP contribution is 2.23. The van der Waals surface area contributed by atoms with Crippen LogP contribution in [0, 0.1) is 0 Å². The molecule has 0 aliphatic rings. The summed E-state index contributed by atoms with van der Waals surface area (Å²) >= 11 is 0. The number of carbonyl (C=O) groups excluding carboxylic acids is 4. The molecule has 4 aromatic carbocycles.